The normalized spacial score (nSPS) is 28.2. The molecule has 3 aliphatic rings. The highest BCUT2D eigenvalue weighted by atomic mass is 16.5. The zero-order valence-electron chi connectivity index (χ0n) is 24.2. The van der Waals surface area contributed by atoms with E-state index in [1.807, 2.05) is 72.8 Å². The zero-order valence-corrected chi connectivity index (χ0v) is 24.2. The van der Waals surface area contributed by atoms with Gasteiger partial charge in [0.05, 0.1) is 17.5 Å². The van der Waals surface area contributed by atoms with Crippen molar-refractivity contribution in [2.45, 2.75) is 50.2 Å². The number of ether oxygens (including phenoxy) is 1. The van der Waals surface area contributed by atoms with E-state index in [0.29, 0.717) is 36.8 Å². The Bertz CT molecular complexity index is 1470. The van der Waals surface area contributed by atoms with Crippen molar-refractivity contribution in [1.82, 2.24) is 20.2 Å². The number of allylic oxidation sites excluding steroid dienone is 1. The number of carboxylic acid groups (broad SMARTS) is 1. The molecular weight excluding hydrogens is 544 g/mol. The smallest absolute Gasteiger partial charge is 0.330 e. The first-order valence-corrected chi connectivity index (χ1v) is 15.0. The van der Waals surface area contributed by atoms with Crippen LogP contribution in [0.1, 0.15) is 38.5 Å². The molecule has 2 saturated carbocycles. The number of aromatic nitrogens is 2. The maximum atomic E-state index is 13.7. The molecule has 2 fully saturated rings. The molecule has 0 saturated heterocycles. The lowest BCUT2D eigenvalue weighted by atomic mass is 9.93. The summed E-state index contributed by atoms with van der Waals surface area (Å²) < 4.78 is 6.44. The Balaban J connectivity index is 1.29. The molecule has 43 heavy (non-hydrogen) atoms. The van der Waals surface area contributed by atoms with Crippen LogP contribution in [-0.4, -0.2) is 63.0 Å². The summed E-state index contributed by atoms with van der Waals surface area (Å²) in [6, 6.07) is 21.2. The number of benzene rings is 2. The van der Waals surface area contributed by atoms with Crippen LogP contribution >= 0.6 is 0 Å². The number of carboxylic acids is 1. The van der Waals surface area contributed by atoms with Crippen LogP contribution in [0.4, 0.5) is 0 Å². The van der Waals surface area contributed by atoms with Crippen LogP contribution in [0.15, 0.2) is 78.9 Å². The number of hydrogen-bond acceptors (Lipinski definition) is 6. The topological polar surface area (TPSA) is 122 Å². The largest absolute Gasteiger partial charge is 0.479 e. The highest BCUT2D eigenvalue weighted by Gasteiger charge is 2.61. The van der Waals surface area contributed by atoms with Gasteiger partial charge in [-0.25, -0.2) is 9.78 Å². The van der Waals surface area contributed by atoms with Gasteiger partial charge in [-0.3, -0.25) is 9.59 Å². The third-order valence-electron chi connectivity index (χ3n) is 8.87. The second-order valence-electron chi connectivity index (χ2n) is 11.8. The van der Waals surface area contributed by atoms with Gasteiger partial charge in [-0.15, -0.1) is 0 Å². The third-order valence-corrected chi connectivity index (χ3v) is 8.87. The molecule has 2 heterocycles. The van der Waals surface area contributed by atoms with Crippen LogP contribution in [0.3, 0.4) is 0 Å². The first kappa shape index (κ1) is 28.6. The third kappa shape index (κ3) is 6.02. The Morgan fingerprint density at radius 1 is 0.977 bits per heavy atom. The molecule has 0 radical (unpaired) electrons. The molecule has 2 amide bonds. The van der Waals surface area contributed by atoms with Crippen LogP contribution in [0.5, 0.6) is 5.88 Å². The van der Waals surface area contributed by atoms with E-state index < -0.39 is 35.4 Å². The summed E-state index contributed by atoms with van der Waals surface area (Å²) in [4.78, 5) is 50.8. The van der Waals surface area contributed by atoms with Gasteiger partial charge in [-0.05, 0) is 38.5 Å². The van der Waals surface area contributed by atoms with Crippen LogP contribution < -0.4 is 10.1 Å². The number of hydrogen-bond donors (Lipinski definition) is 2. The lowest BCUT2D eigenvalue weighted by Crippen LogP contribution is -2.49. The Labute approximate surface area is 251 Å². The van der Waals surface area contributed by atoms with E-state index in [1.165, 1.54) is 0 Å². The molecule has 0 unspecified atom stereocenters. The second kappa shape index (κ2) is 12.0. The van der Waals surface area contributed by atoms with Crippen molar-refractivity contribution in [3.05, 3.63) is 78.9 Å². The van der Waals surface area contributed by atoms with Gasteiger partial charge in [0.2, 0.25) is 17.7 Å². The summed E-state index contributed by atoms with van der Waals surface area (Å²) in [5.74, 6) is -2.29. The fourth-order valence-electron chi connectivity index (χ4n) is 6.32. The van der Waals surface area contributed by atoms with Crippen molar-refractivity contribution in [2.24, 2.45) is 17.8 Å². The van der Waals surface area contributed by atoms with Gasteiger partial charge >= 0.3 is 5.97 Å². The van der Waals surface area contributed by atoms with Crippen LogP contribution in [0.25, 0.3) is 22.6 Å². The molecule has 1 aliphatic heterocycles. The van der Waals surface area contributed by atoms with E-state index in [2.05, 4.69) is 5.32 Å². The van der Waals surface area contributed by atoms with E-state index in [1.54, 1.807) is 18.0 Å². The van der Waals surface area contributed by atoms with Crippen LogP contribution in [0, 0.1) is 17.8 Å². The first-order chi connectivity index (χ1) is 20.8. The molecular formula is C34H36N4O5. The summed E-state index contributed by atoms with van der Waals surface area (Å²) in [6.07, 6.45) is 6.92. The standard InChI is InChI=1S/C34H36N4O5/c1-38-17-11-3-2-10-16-24-21-34(24,33(41)42)37-31(39)26-18-25(19-27(26)32(38)40)43-29-20-28(22-12-6-4-7-13-22)35-30(36-29)23-14-8-5-9-15-23/h4-10,12-16,20,24-27H,2-3,11,17-19,21H2,1H3,(H,37,39)(H,41,42)/b16-10-/t24-,25-,26-,27-,34-/m1/s1. The van der Waals surface area contributed by atoms with E-state index in [-0.39, 0.29) is 18.2 Å². The molecule has 1 aromatic heterocycles. The summed E-state index contributed by atoms with van der Waals surface area (Å²) in [6.45, 7) is 0.596. The quantitative estimate of drug-likeness (QED) is 0.418. The van der Waals surface area contributed by atoms with E-state index >= 15 is 0 Å². The van der Waals surface area contributed by atoms with Gasteiger partial charge in [0.1, 0.15) is 11.6 Å². The van der Waals surface area contributed by atoms with Crippen molar-refractivity contribution in [2.75, 3.05) is 13.6 Å². The van der Waals surface area contributed by atoms with Crippen molar-refractivity contribution in [3.63, 3.8) is 0 Å². The monoisotopic (exact) mass is 580 g/mol. The number of nitrogens with zero attached hydrogens (tertiary/aromatic N) is 3. The van der Waals surface area contributed by atoms with E-state index in [9.17, 15) is 19.5 Å². The predicted molar refractivity (Wildman–Crippen MR) is 161 cm³/mol. The molecule has 2 aliphatic carbocycles. The predicted octanol–water partition coefficient (Wildman–Crippen LogP) is 4.74. The molecule has 5 atom stereocenters. The Kier molecular flexibility index (Phi) is 7.97. The highest BCUT2D eigenvalue weighted by molar-refractivity contribution is 5.94. The molecule has 0 bridgehead atoms. The maximum Gasteiger partial charge on any atom is 0.330 e. The van der Waals surface area contributed by atoms with Gasteiger partial charge in [0.15, 0.2) is 5.82 Å². The second-order valence-corrected chi connectivity index (χ2v) is 11.8. The SMILES string of the molecule is CN1CCCC/C=C\[C@@H]2C[C@@]2(C(=O)O)NC(=O)[C@@H]2C[C@@H](Oc3cc(-c4ccccc4)nc(-c4ccccc4)n3)C[C@H]2C1=O. The lowest BCUT2D eigenvalue weighted by Gasteiger charge is -2.26. The minimum Gasteiger partial charge on any atom is -0.479 e. The Morgan fingerprint density at radius 2 is 1.67 bits per heavy atom. The van der Waals surface area contributed by atoms with Crippen molar-refractivity contribution < 1.29 is 24.2 Å². The molecule has 9 heteroatoms. The fraction of sp³-hybridized carbons (Fsp3) is 0.382. The number of amides is 2. The molecule has 222 valence electrons. The van der Waals surface area contributed by atoms with E-state index in [0.717, 1.165) is 30.4 Å². The minimum atomic E-state index is -1.32. The fourth-order valence-corrected chi connectivity index (χ4v) is 6.32. The molecule has 2 N–H and O–H groups in total. The van der Waals surface area contributed by atoms with Crippen molar-refractivity contribution in [1.29, 1.82) is 0 Å². The summed E-state index contributed by atoms with van der Waals surface area (Å²) >= 11 is 0. The Morgan fingerprint density at radius 3 is 2.40 bits per heavy atom. The Hall–Kier alpha value is -4.53. The highest BCUT2D eigenvalue weighted by Crippen LogP contribution is 2.46. The van der Waals surface area contributed by atoms with Gasteiger partial charge in [-0.1, -0.05) is 72.8 Å². The van der Waals surface area contributed by atoms with Gasteiger partial charge in [0.25, 0.3) is 0 Å². The van der Waals surface area contributed by atoms with Crippen molar-refractivity contribution >= 4 is 17.8 Å². The average Bonchev–Trinajstić information content (AvgIpc) is 3.56. The van der Waals surface area contributed by atoms with Crippen molar-refractivity contribution in [3.8, 4) is 28.5 Å². The zero-order chi connectivity index (χ0) is 30.0. The number of rotatable bonds is 5. The number of carbonyl (C=O) groups excluding carboxylic acids is 2. The molecule has 6 rings (SSSR count). The van der Waals surface area contributed by atoms with Gasteiger partial charge in [-0.2, -0.15) is 4.98 Å². The number of aliphatic carboxylic acids is 1. The van der Waals surface area contributed by atoms with Gasteiger partial charge in [0, 0.05) is 36.7 Å². The first-order valence-electron chi connectivity index (χ1n) is 15.0. The number of carbonyl (C=O) groups is 3. The maximum absolute atomic E-state index is 13.7. The van der Waals surface area contributed by atoms with Crippen LogP contribution in [-0.2, 0) is 14.4 Å². The molecule has 0 spiro atoms. The molecule has 2 aromatic carbocycles. The van der Waals surface area contributed by atoms with Gasteiger partial charge < -0.3 is 20.1 Å². The minimum absolute atomic E-state index is 0.117. The summed E-state index contributed by atoms with van der Waals surface area (Å²) in [5.41, 5.74) is 1.13. The van der Waals surface area contributed by atoms with E-state index in [4.69, 9.17) is 14.7 Å². The summed E-state index contributed by atoms with van der Waals surface area (Å²) in [7, 11) is 1.77. The number of nitrogens with one attached hydrogen (secondary N) is 1. The number of fused-ring (bicyclic) bond motifs is 2. The average molecular weight is 581 g/mol. The molecule has 3 aromatic rings. The summed E-state index contributed by atoms with van der Waals surface area (Å²) in [5, 5.41) is 12.9. The molecule has 9 nitrogen and oxygen atoms in total. The van der Waals surface area contributed by atoms with Crippen LogP contribution in [0.2, 0.25) is 0 Å². The lowest BCUT2D eigenvalue weighted by molar-refractivity contribution is -0.145.